The molecule has 4 rings (SSSR count). The molecule has 1 aromatic heterocycles. The monoisotopic (exact) mass is 377 g/mol. The zero-order valence-corrected chi connectivity index (χ0v) is 14.7. The smallest absolute Gasteiger partial charge is 0.312 e. The highest BCUT2D eigenvalue weighted by Gasteiger charge is 2.81. The molecule has 2 aromatic rings. The molecule has 0 unspecified atom stereocenters. The van der Waals surface area contributed by atoms with Crippen LogP contribution in [0.1, 0.15) is 17.5 Å². The second-order valence-corrected chi connectivity index (χ2v) is 7.64. The number of halogens is 1. The van der Waals surface area contributed by atoms with E-state index in [-0.39, 0.29) is 31.8 Å². The van der Waals surface area contributed by atoms with Crippen molar-refractivity contribution >= 4 is 40.4 Å². The van der Waals surface area contributed by atoms with Gasteiger partial charge in [-0.1, -0.05) is 11.6 Å². The predicted octanol–water partition coefficient (Wildman–Crippen LogP) is 2.33. The number of hydrogen-bond donors (Lipinski definition) is 2. The van der Waals surface area contributed by atoms with Crippen LogP contribution in [-0.4, -0.2) is 46.0 Å². The summed E-state index contributed by atoms with van der Waals surface area (Å²) in [5, 5.41) is 20.2. The third-order valence-electron chi connectivity index (χ3n) is 5.76. The normalized spacial score (nSPS) is 26.8. The summed E-state index contributed by atoms with van der Waals surface area (Å²) in [6.07, 6.45) is 1.55. The number of piperidine rings is 1. The molecule has 0 bridgehead atoms. The quantitative estimate of drug-likeness (QED) is 0.846. The van der Waals surface area contributed by atoms with Crippen LogP contribution in [-0.2, 0) is 20.8 Å². The van der Waals surface area contributed by atoms with Crippen molar-refractivity contribution in [2.24, 2.45) is 10.8 Å². The third kappa shape index (κ3) is 2.10. The van der Waals surface area contributed by atoms with E-state index in [1.165, 1.54) is 11.2 Å². The first-order valence-electron chi connectivity index (χ1n) is 8.11. The maximum absolute atomic E-state index is 12.7. The molecule has 136 valence electrons. The van der Waals surface area contributed by atoms with Gasteiger partial charge in [0.2, 0.25) is 5.91 Å². The summed E-state index contributed by atoms with van der Waals surface area (Å²) in [6, 6.07) is 3.52. The van der Waals surface area contributed by atoms with Crippen molar-refractivity contribution in [1.82, 2.24) is 4.90 Å². The molecule has 1 aromatic carbocycles. The Labute approximate surface area is 153 Å². The van der Waals surface area contributed by atoms with E-state index in [1.54, 1.807) is 12.1 Å². The molecule has 1 aliphatic carbocycles. The van der Waals surface area contributed by atoms with Crippen molar-refractivity contribution in [3.63, 3.8) is 0 Å². The Morgan fingerprint density at radius 3 is 2.38 bits per heavy atom. The first-order valence-corrected chi connectivity index (χ1v) is 8.49. The minimum Gasteiger partial charge on any atom is -0.481 e. The van der Waals surface area contributed by atoms with E-state index < -0.39 is 22.8 Å². The van der Waals surface area contributed by atoms with Crippen LogP contribution in [0.5, 0.6) is 0 Å². The molecule has 1 saturated carbocycles. The number of aliphatic carboxylic acids is 2. The number of carbonyl (C=O) groups is 3. The average molecular weight is 378 g/mol. The maximum atomic E-state index is 12.7. The number of amides is 1. The largest absolute Gasteiger partial charge is 0.481 e. The Hall–Kier alpha value is -2.54. The SMILES string of the molecule is Cc1cc2occ(CC(=O)N3C[C@@]4(C(=O)O)C[C@@]4(C(=O)O)C3)c2cc1Cl. The third-order valence-corrected chi connectivity index (χ3v) is 6.17. The molecule has 2 atom stereocenters. The highest BCUT2D eigenvalue weighted by Crippen LogP contribution is 2.68. The number of carboxylic acids is 2. The molecule has 2 fully saturated rings. The fraction of sp³-hybridized carbons (Fsp3) is 0.389. The molecule has 2 aliphatic rings. The van der Waals surface area contributed by atoms with Gasteiger partial charge in [0, 0.05) is 29.1 Å². The van der Waals surface area contributed by atoms with Gasteiger partial charge < -0.3 is 19.5 Å². The molecule has 1 saturated heterocycles. The fourth-order valence-corrected chi connectivity index (χ4v) is 4.24. The number of rotatable bonds is 4. The minimum atomic E-state index is -1.37. The van der Waals surface area contributed by atoms with Gasteiger partial charge in [0.1, 0.15) is 16.4 Å². The number of fused-ring (bicyclic) bond motifs is 2. The van der Waals surface area contributed by atoms with Crippen molar-refractivity contribution in [3.8, 4) is 0 Å². The molecule has 2 heterocycles. The molecule has 0 radical (unpaired) electrons. The fourth-order valence-electron chi connectivity index (χ4n) is 4.08. The van der Waals surface area contributed by atoms with Gasteiger partial charge in [0.05, 0.1) is 12.7 Å². The summed E-state index contributed by atoms with van der Waals surface area (Å²) in [7, 11) is 0. The van der Waals surface area contributed by atoms with Gasteiger partial charge in [0.25, 0.3) is 0 Å². The number of carbonyl (C=O) groups excluding carboxylic acids is 1. The number of furan rings is 1. The van der Waals surface area contributed by atoms with Crippen LogP contribution in [0, 0.1) is 17.8 Å². The summed E-state index contributed by atoms with van der Waals surface area (Å²) in [5.41, 5.74) is -0.622. The van der Waals surface area contributed by atoms with E-state index in [1.807, 2.05) is 6.92 Å². The Morgan fingerprint density at radius 2 is 1.81 bits per heavy atom. The van der Waals surface area contributed by atoms with E-state index in [0.29, 0.717) is 16.2 Å². The van der Waals surface area contributed by atoms with Gasteiger partial charge in [-0.2, -0.15) is 0 Å². The standard InChI is InChI=1S/C18H16ClNO6/c1-9-2-13-11(4-12(9)19)10(5-26-13)3-14(21)20-7-17(15(22)23)6-18(17,8-20)16(24)25/h2,4-5H,3,6-8H2,1H3,(H,22,23)(H,24,25)/t17-,18+. The molecule has 2 N–H and O–H groups in total. The number of benzene rings is 1. The van der Waals surface area contributed by atoms with Crippen molar-refractivity contribution in [2.45, 2.75) is 19.8 Å². The zero-order valence-electron chi connectivity index (χ0n) is 13.9. The number of carboxylic acid groups (broad SMARTS) is 2. The summed E-state index contributed by atoms with van der Waals surface area (Å²) >= 11 is 6.14. The number of nitrogens with zero attached hydrogens (tertiary/aromatic N) is 1. The molecule has 7 nitrogen and oxygen atoms in total. The second-order valence-electron chi connectivity index (χ2n) is 7.24. The molecular weight excluding hydrogens is 362 g/mol. The molecule has 1 amide bonds. The number of likely N-dealkylation sites (tertiary alicyclic amines) is 1. The van der Waals surface area contributed by atoms with Crippen LogP contribution in [0.4, 0.5) is 0 Å². The predicted molar refractivity (Wildman–Crippen MR) is 91.0 cm³/mol. The molecule has 26 heavy (non-hydrogen) atoms. The van der Waals surface area contributed by atoms with Crippen LogP contribution < -0.4 is 0 Å². The van der Waals surface area contributed by atoms with Crippen molar-refractivity contribution in [2.75, 3.05) is 13.1 Å². The Bertz CT molecular complexity index is 953. The Morgan fingerprint density at radius 1 is 1.19 bits per heavy atom. The lowest BCUT2D eigenvalue weighted by atomic mass is 9.97. The van der Waals surface area contributed by atoms with E-state index in [9.17, 15) is 24.6 Å². The first-order chi connectivity index (χ1) is 12.2. The van der Waals surface area contributed by atoms with Gasteiger partial charge in [-0.05, 0) is 31.0 Å². The van der Waals surface area contributed by atoms with E-state index in [4.69, 9.17) is 16.0 Å². The van der Waals surface area contributed by atoms with Crippen LogP contribution in [0.15, 0.2) is 22.8 Å². The van der Waals surface area contributed by atoms with Gasteiger partial charge in [-0.15, -0.1) is 0 Å². The number of hydrogen-bond acceptors (Lipinski definition) is 4. The van der Waals surface area contributed by atoms with Crippen molar-refractivity contribution < 1.29 is 29.0 Å². The molecule has 1 aliphatic heterocycles. The van der Waals surface area contributed by atoms with E-state index >= 15 is 0 Å². The molecule has 8 heteroatoms. The Kier molecular flexibility index (Phi) is 3.40. The number of aryl methyl sites for hydroxylation is 1. The highest BCUT2D eigenvalue weighted by atomic mass is 35.5. The van der Waals surface area contributed by atoms with Gasteiger partial charge in [-0.3, -0.25) is 14.4 Å². The summed E-state index contributed by atoms with van der Waals surface area (Å²) in [6.45, 7) is 1.69. The minimum absolute atomic E-state index is 0.00219. The molecular formula is C18H16ClNO6. The van der Waals surface area contributed by atoms with Gasteiger partial charge >= 0.3 is 11.9 Å². The first kappa shape index (κ1) is 16.9. The van der Waals surface area contributed by atoms with Crippen molar-refractivity contribution in [1.29, 1.82) is 0 Å². The second kappa shape index (κ2) is 5.23. The zero-order chi connectivity index (χ0) is 18.9. The van der Waals surface area contributed by atoms with Gasteiger partial charge in [0.15, 0.2) is 0 Å². The summed E-state index contributed by atoms with van der Waals surface area (Å²) < 4.78 is 5.48. The lowest BCUT2D eigenvalue weighted by molar-refractivity contribution is -0.151. The summed E-state index contributed by atoms with van der Waals surface area (Å²) in [4.78, 5) is 37.1. The van der Waals surface area contributed by atoms with Crippen LogP contribution in [0.2, 0.25) is 5.02 Å². The maximum Gasteiger partial charge on any atom is 0.312 e. The lowest BCUT2D eigenvalue weighted by Gasteiger charge is -2.19. The van der Waals surface area contributed by atoms with Crippen LogP contribution in [0.3, 0.4) is 0 Å². The van der Waals surface area contributed by atoms with E-state index in [2.05, 4.69) is 0 Å². The van der Waals surface area contributed by atoms with Crippen molar-refractivity contribution in [3.05, 3.63) is 34.5 Å². The topological polar surface area (TPSA) is 108 Å². The highest BCUT2D eigenvalue weighted by molar-refractivity contribution is 6.32. The van der Waals surface area contributed by atoms with Gasteiger partial charge in [-0.25, -0.2) is 0 Å². The lowest BCUT2D eigenvalue weighted by Crippen LogP contribution is -2.35. The average Bonchev–Trinajstić information content (AvgIpc) is 2.89. The van der Waals surface area contributed by atoms with Crippen LogP contribution >= 0.6 is 11.6 Å². The van der Waals surface area contributed by atoms with Crippen LogP contribution in [0.25, 0.3) is 11.0 Å². The van der Waals surface area contributed by atoms with E-state index in [0.717, 1.165) is 10.9 Å². The summed E-state index contributed by atoms with van der Waals surface area (Å²) in [5.74, 6) is -2.64. The Balaban J connectivity index is 1.58. The molecule has 0 spiro atoms.